The van der Waals surface area contributed by atoms with Crippen LogP contribution in [0.3, 0.4) is 0 Å². The first-order valence-corrected chi connectivity index (χ1v) is 3.71. The van der Waals surface area contributed by atoms with E-state index in [1.807, 2.05) is 0 Å². The van der Waals surface area contributed by atoms with Crippen LogP contribution < -0.4 is 0 Å². The molecule has 0 N–H and O–H groups in total. The molecule has 0 rings (SSSR count). The molecule has 0 heterocycles. The summed E-state index contributed by atoms with van der Waals surface area (Å²) in [5, 5.41) is 0. The molecular formula is C9H17. The standard InChI is InChI=1S/C9H17/c1-4-5-6-7-8-9(2)3/h5-6,9H,1,4,7-8H2,2-3H3. The lowest BCUT2D eigenvalue weighted by atomic mass is 10.1. The zero-order valence-corrected chi connectivity index (χ0v) is 6.56. The smallest absolute Gasteiger partial charge is 0.0348 e. The van der Waals surface area contributed by atoms with E-state index in [1.54, 1.807) is 0 Å². The second-order valence-electron chi connectivity index (χ2n) is 2.73. The molecule has 0 heteroatoms. The van der Waals surface area contributed by atoms with E-state index in [4.69, 9.17) is 0 Å². The van der Waals surface area contributed by atoms with Gasteiger partial charge in [0.05, 0.1) is 0 Å². The second kappa shape index (κ2) is 5.87. The summed E-state index contributed by atoms with van der Waals surface area (Å²) < 4.78 is 0. The molecule has 9 heavy (non-hydrogen) atoms. The fourth-order valence-electron chi connectivity index (χ4n) is 0.665. The maximum Gasteiger partial charge on any atom is -0.0348 e. The lowest BCUT2D eigenvalue weighted by molar-refractivity contribution is 0.594. The maximum atomic E-state index is 3.72. The summed E-state index contributed by atoms with van der Waals surface area (Å²) in [5.41, 5.74) is 0. The molecule has 0 fully saturated rings. The van der Waals surface area contributed by atoms with Crippen LogP contribution >= 0.6 is 0 Å². The van der Waals surface area contributed by atoms with Gasteiger partial charge in [0.2, 0.25) is 0 Å². The van der Waals surface area contributed by atoms with Gasteiger partial charge in [0.15, 0.2) is 0 Å². The molecule has 0 saturated carbocycles. The average molecular weight is 125 g/mol. The summed E-state index contributed by atoms with van der Waals surface area (Å²) in [6.45, 7) is 8.21. The molecule has 0 bridgehead atoms. The highest BCUT2D eigenvalue weighted by atomic mass is 13.9. The SMILES string of the molecule is [CH2]CC=CCCC(C)C. The van der Waals surface area contributed by atoms with Crippen LogP contribution in [0.1, 0.15) is 33.1 Å². The summed E-state index contributed by atoms with van der Waals surface area (Å²) in [6.07, 6.45) is 7.79. The molecule has 0 aromatic rings. The van der Waals surface area contributed by atoms with Crippen LogP contribution in [0.25, 0.3) is 0 Å². The first-order chi connectivity index (χ1) is 4.27. The van der Waals surface area contributed by atoms with Crippen molar-refractivity contribution in [1.82, 2.24) is 0 Å². The van der Waals surface area contributed by atoms with Crippen LogP contribution in [0.15, 0.2) is 12.2 Å². The van der Waals surface area contributed by atoms with Crippen molar-refractivity contribution in [2.75, 3.05) is 0 Å². The number of hydrogen-bond acceptors (Lipinski definition) is 0. The summed E-state index contributed by atoms with van der Waals surface area (Å²) in [7, 11) is 0. The highest BCUT2D eigenvalue weighted by molar-refractivity contribution is 4.82. The zero-order valence-electron chi connectivity index (χ0n) is 6.56. The van der Waals surface area contributed by atoms with Gasteiger partial charge in [0.1, 0.15) is 0 Å². The van der Waals surface area contributed by atoms with Gasteiger partial charge in [-0.3, -0.25) is 0 Å². The minimum atomic E-state index is 0.833. The topological polar surface area (TPSA) is 0 Å². The zero-order chi connectivity index (χ0) is 7.11. The molecule has 0 nitrogen and oxygen atoms in total. The van der Waals surface area contributed by atoms with Gasteiger partial charge >= 0.3 is 0 Å². The number of rotatable bonds is 4. The monoisotopic (exact) mass is 125 g/mol. The Morgan fingerprint density at radius 1 is 1.33 bits per heavy atom. The number of allylic oxidation sites excluding steroid dienone is 2. The van der Waals surface area contributed by atoms with E-state index in [-0.39, 0.29) is 0 Å². The van der Waals surface area contributed by atoms with Gasteiger partial charge in [-0.15, -0.1) is 0 Å². The first-order valence-electron chi connectivity index (χ1n) is 3.71. The van der Waals surface area contributed by atoms with Gasteiger partial charge < -0.3 is 0 Å². The molecule has 0 saturated heterocycles. The number of hydrogen-bond donors (Lipinski definition) is 0. The second-order valence-corrected chi connectivity index (χ2v) is 2.73. The lowest BCUT2D eigenvalue weighted by Gasteiger charge is -1.97. The molecule has 0 amide bonds. The third-order valence-electron chi connectivity index (χ3n) is 1.24. The normalized spacial score (nSPS) is 11.6. The van der Waals surface area contributed by atoms with Crippen LogP contribution in [0.2, 0.25) is 0 Å². The predicted molar refractivity (Wildman–Crippen MR) is 43.2 cm³/mol. The highest BCUT2D eigenvalue weighted by Gasteiger charge is 1.88. The van der Waals surface area contributed by atoms with Crippen LogP contribution in [0.4, 0.5) is 0 Å². The van der Waals surface area contributed by atoms with Gasteiger partial charge in [-0.2, -0.15) is 0 Å². The Morgan fingerprint density at radius 3 is 2.44 bits per heavy atom. The van der Waals surface area contributed by atoms with Crippen molar-refractivity contribution in [2.24, 2.45) is 5.92 Å². The molecular weight excluding hydrogens is 108 g/mol. The minimum Gasteiger partial charge on any atom is -0.0885 e. The van der Waals surface area contributed by atoms with Crippen molar-refractivity contribution in [1.29, 1.82) is 0 Å². The van der Waals surface area contributed by atoms with Crippen LogP contribution in [0, 0.1) is 12.8 Å². The highest BCUT2D eigenvalue weighted by Crippen LogP contribution is 2.03. The Hall–Kier alpha value is -0.260. The molecule has 0 aliphatic heterocycles. The largest absolute Gasteiger partial charge is 0.0885 e. The lowest BCUT2D eigenvalue weighted by Crippen LogP contribution is -1.83. The van der Waals surface area contributed by atoms with Crippen LogP contribution in [-0.2, 0) is 0 Å². The average Bonchev–Trinajstić information content (AvgIpc) is 1.80. The van der Waals surface area contributed by atoms with E-state index in [2.05, 4.69) is 32.9 Å². The minimum absolute atomic E-state index is 0.833. The molecule has 0 aromatic carbocycles. The third-order valence-corrected chi connectivity index (χ3v) is 1.24. The van der Waals surface area contributed by atoms with Crippen molar-refractivity contribution in [3.63, 3.8) is 0 Å². The van der Waals surface area contributed by atoms with E-state index in [9.17, 15) is 0 Å². The molecule has 0 spiro atoms. The summed E-state index contributed by atoms with van der Waals surface area (Å²) in [4.78, 5) is 0. The van der Waals surface area contributed by atoms with Crippen molar-refractivity contribution >= 4 is 0 Å². The summed E-state index contributed by atoms with van der Waals surface area (Å²) in [5.74, 6) is 0.833. The van der Waals surface area contributed by atoms with Crippen molar-refractivity contribution < 1.29 is 0 Å². The van der Waals surface area contributed by atoms with E-state index in [1.165, 1.54) is 12.8 Å². The molecule has 0 unspecified atom stereocenters. The molecule has 0 aliphatic rings. The van der Waals surface area contributed by atoms with E-state index in [0.717, 1.165) is 12.3 Å². The van der Waals surface area contributed by atoms with E-state index < -0.39 is 0 Å². The Morgan fingerprint density at radius 2 is 2.00 bits per heavy atom. The molecule has 53 valence electrons. The maximum absolute atomic E-state index is 3.72. The molecule has 0 atom stereocenters. The fourth-order valence-corrected chi connectivity index (χ4v) is 0.665. The van der Waals surface area contributed by atoms with Crippen LogP contribution in [-0.4, -0.2) is 0 Å². The van der Waals surface area contributed by atoms with Crippen LogP contribution in [0.5, 0.6) is 0 Å². The molecule has 1 radical (unpaired) electrons. The fraction of sp³-hybridized carbons (Fsp3) is 0.667. The third kappa shape index (κ3) is 7.74. The van der Waals surface area contributed by atoms with Gasteiger partial charge in [0, 0.05) is 0 Å². The Labute approximate surface area is 59.0 Å². The van der Waals surface area contributed by atoms with Gasteiger partial charge in [-0.05, 0) is 32.1 Å². The van der Waals surface area contributed by atoms with Crippen molar-refractivity contribution in [2.45, 2.75) is 33.1 Å². The Balaban J connectivity index is 2.99. The first kappa shape index (κ1) is 8.74. The van der Waals surface area contributed by atoms with Gasteiger partial charge in [0.25, 0.3) is 0 Å². The molecule has 0 aromatic heterocycles. The molecule has 0 aliphatic carbocycles. The summed E-state index contributed by atoms with van der Waals surface area (Å²) >= 11 is 0. The predicted octanol–water partition coefficient (Wildman–Crippen LogP) is 3.20. The van der Waals surface area contributed by atoms with Gasteiger partial charge in [-0.1, -0.05) is 26.0 Å². The van der Waals surface area contributed by atoms with Gasteiger partial charge in [-0.25, -0.2) is 0 Å². The summed E-state index contributed by atoms with van der Waals surface area (Å²) in [6, 6.07) is 0. The quantitative estimate of drug-likeness (QED) is 0.506. The Kier molecular flexibility index (Phi) is 5.70. The van der Waals surface area contributed by atoms with Crippen molar-refractivity contribution in [3.8, 4) is 0 Å². The van der Waals surface area contributed by atoms with Crippen molar-refractivity contribution in [3.05, 3.63) is 19.1 Å². The van der Waals surface area contributed by atoms with E-state index >= 15 is 0 Å². The Bertz CT molecular complexity index is 70.1. The van der Waals surface area contributed by atoms with E-state index in [0.29, 0.717) is 0 Å².